The normalized spacial score (nSPS) is 11.7. The van der Waals surface area contributed by atoms with E-state index in [0.29, 0.717) is 140 Å². The lowest BCUT2D eigenvalue weighted by Gasteiger charge is -2.16. The highest BCUT2D eigenvalue weighted by molar-refractivity contribution is 6.21. The lowest BCUT2D eigenvalue weighted by Crippen LogP contribution is -2.05. The van der Waals surface area contributed by atoms with Crippen LogP contribution in [0.3, 0.4) is 0 Å². The molecule has 354 valence electrons. The first-order chi connectivity index (χ1) is 32.5. The zero-order valence-corrected chi connectivity index (χ0v) is 40.6. The number of rotatable bonds is 30. The van der Waals surface area contributed by atoms with E-state index in [9.17, 15) is 0 Å². The fourth-order valence-corrected chi connectivity index (χ4v) is 8.07. The first kappa shape index (κ1) is 48.4. The van der Waals surface area contributed by atoms with Gasteiger partial charge in [0.05, 0.1) is 72.7 Å². The summed E-state index contributed by atoms with van der Waals surface area (Å²) in [5.41, 5.74) is 7.37. The van der Waals surface area contributed by atoms with Crippen LogP contribution < -0.4 is 28.4 Å². The minimum absolute atomic E-state index is 0.568. The largest absolute Gasteiger partial charge is 0.490 e. The minimum Gasteiger partial charge on any atom is -0.490 e. The third kappa shape index (κ3) is 12.1. The van der Waals surface area contributed by atoms with Crippen molar-refractivity contribution < 1.29 is 28.4 Å². The Morgan fingerprint density at radius 3 is 0.530 bits per heavy atom. The van der Waals surface area contributed by atoms with Crippen LogP contribution in [0.25, 0.3) is 66.2 Å². The molecule has 3 heterocycles. The highest BCUT2D eigenvalue weighted by atomic mass is 16.5. The standard InChI is InChI=1S/C54H72N6O6/c1-7-13-19-25-61-43-31-37-38(32-44(43)62-26-20-14-8-2)56-50-49(55-37)51-53(59-40-34-46(64-28-22-16-10-4)45(33-39(40)57-51)63-27-21-15-9-3)54-52(50)58-41-35-47(65-29-23-17-11-5)48(36-42(41)60-54)66-30-24-18-12-6/h31-36H,7-30H2,1-6H3. The van der Waals surface area contributed by atoms with Gasteiger partial charge in [-0.15, -0.1) is 0 Å². The number of hydrogen-bond acceptors (Lipinski definition) is 12. The summed E-state index contributed by atoms with van der Waals surface area (Å²) >= 11 is 0. The molecule has 0 fully saturated rings. The maximum atomic E-state index is 6.40. The molecule has 0 bridgehead atoms. The molecule has 12 nitrogen and oxygen atoms in total. The van der Waals surface area contributed by atoms with E-state index >= 15 is 0 Å². The number of hydrogen-bond donors (Lipinski definition) is 0. The van der Waals surface area contributed by atoms with E-state index in [4.69, 9.17) is 58.3 Å². The van der Waals surface area contributed by atoms with E-state index in [1.165, 1.54) is 0 Å². The van der Waals surface area contributed by atoms with Crippen molar-refractivity contribution in [2.75, 3.05) is 39.6 Å². The fraction of sp³-hybridized carbons (Fsp3) is 0.556. The first-order valence-electron chi connectivity index (χ1n) is 25.3. The summed E-state index contributed by atoms with van der Waals surface area (Å²) in [5.74, 6) is 3.95. The van der Waals surface area contributed by atoms with Gasteiger partial charge in [-0.25, -0.2) is 29.9 Å². The van der Waals surface area contributed by atoms with Crippen molar-refractivity contribution in [2.45, 2.75) is 157 Å². The summed E-state index contributed by atoms with van der Waals surface area (Å²) in [6.45, 7) is 16.7. The van der Waals surface area contributed by atoms with Crippen molar-refractivity contribution in [3.05, 3.63) is 36.4 Å². The van der Waals surface area contributed by atoms with E-state index < -0.39 is 0 Å². The Balaban J connectivity index is 1.47. The molecule has 66 heavy (non-hydrogen) atoms. The quantitative estimate of drug-likeness (QED) is 0.0242. The Hall–Kier alpha value is -5.52. The van der Waals surface area contributed by atoms with E-state index in [0.717, 1.165) is 116 Å². The van der Waals surface area contributed by atoms with Crippen LogP contribution in [-0.4, -0.2) is 69.5 Å². The number of unbranched alkanes of at least 4 members (excludes halogenated alkanes) is 12. The molecule has 0 amide bonds. The molecule has 0 spiro atoms. The van der Waals surface area contributed by atoms with Gasteiger partial charge < -0.3 is 28.4 Å². The van der Waals surface area contributed by atoms with Crippen LogP contribution in [0.15, 0.2) is 36.4 Å². The molecule has 0 N–H and O–H groups in total. The molecule has 0 atom stereocenters. The Morgan fingerprint density at radius 1 is 0.242 bits per heavy atom. The zero-order chi connectivity index (χ0) is 46.1. The highest BCUT2D eigenvalue weighted by Crippen LogP contribution is 2.40. The van der Waals surface area contributed by atoms with Crippen molar-refractivity contribution >= 4 is 66.2 Å². The van der Waals surface area contributed by atoms with Crippen LogP contribution in [0.2, 0.25) is 0 Å². The van der Waals surface area contributed by atoms with Gasteiger partial charge in [-0.2, -0.15) is 0 Å². The molecule has 0 aliphatic rings. The second-order valence-electron chi connectivity index (χ2n) is 17.5. The van der Waals surface area contributed by atoms with Crippen LogP contribution in [0.4, 0.5) is 0 Å². The van der Waals surface area contributed by atoms with Crippen LogP contribution in [-0.2, 0) is 0 Å². The lowest BCUT2D eigenvalue weighted by molar-refractivity contribution is 0.260. The zero-order valence-electron chi connectivity index (χ0n) is 40.6. The summed E-state index contributed by atoms with van der Waals surface area (Å²) in [6.07, 6.45) is 18.9. The second kappa shape index (κ2) is 24.8. The summed E-state index contributed by atoms with van der Waals surface area (Å²) in [4.78, 5) is 32.0. The van der Waals surface area contributed by atoms with E-state index in [1.807, 2.05) is 36.4 Å². The average Bonchev–Trinajstić information content (AvgIpc) is 3.33. The van der Waals surface area contributed by atoms with Gasteiger partial charge in [0.1, 0.15) is 33.1 Å². The number of benzene rings is 4. The molecule has 0 aliphatic carbocycles. The summed E-state index contributed by atoms with van der Waals surface area (Å²) in [7, 11) is 0. The topological polar surface area (TPSA) is 133 Å². The molecule has 0 saturated carbocycles. The fourth-order valence-electron chi connectivity index (χ4n) is 8.07. The van der Waals surface area contributed by atoms with Gasteiger partial charge in [-0.3, -0.25) is 0 Å². The molecule has 0 saturated heterocycles. The van der Waals surface area contributed by atoms with Crippen LogP contribution in [0.1, 0.15) is 157 Å². The number of aromatic nitrogens is 6. The van der Waals surface area contributed by atoms with Gasteiger partial charge in [-0.1, -0.05) is 119 Å². The Labute approximate surface area is 390 Å². The van der Waals surface area contributed by atoms with Crippen molar-refractivity contribution in [2.24, 2.45) is 0 Å². The first-order valence-corrected chi connectivity index (χ1v) is 25.3. The molecule has 0 unspecified atom stereocenters. The van der Waals surface area contributed by atoms with Crippen molar-refractivity contribution in [1.82, 2.24) is 29.9 Å². The van der Waals surface area contributed by atoms with Gasteiger partial charge in [0, 0.05) is 36.4 Å². The molecule has 7 aromatic rings. The van der Waals surface area contributed by atoms with Gasteiger partial charge in [0.25, 0.3) is 0 Å². The Kier molecular flexibility index (Phi) is 18.2. The lowest BCUT2D eigenvalue weighted by atomic mass is 10.1. The minimum atomic E-state index is 0.568. The van der Waals surface area contributed by atoms with Gasteiger partial charge in [0.15, 0.2) is 34.5 Å². The predicted molar refractivity (Wildman–Crippen MR) is 268 cm³/mol. The molecule has 3 aromatic heterocycles. The van der Waals surface area contributed by atoms with Crippen LogP contribution >= 0.6 is 0 Å². The summed E-state index contributed by atoms with van der Waals surface area (Å²) < 4.78 is 38.4. The SMILES string of the molecule is CCCCCOc1cc2nc3c4nc5cc(OCCCCC)c(OCCCCC)cc5nc4c4nc5cc(OCCCCC)c(OCCCCC)cc5nc4c3nc2cc1OCCCCC. The van der Waals surface area contributed by atoms with Gasteiger partial charge >= 0.3 is 0 Å². The molecule has 7 rings (SSSR count). The molecular formula is C54H72N6O6. The Bertz CT molecular complexity index is 2180. The molecule has 12 heteroatoms. The molecule has 0 radical (unpaired) electrons. The number of nitrogens with zero attached hydrogens (tertiary/aromatic N) is 6. The average molecular weight is 901 g/mol. The molecular weight excluding hydrogens is 829 g/mol. The smallest absolute Gasteiger partial charge is 0.163 e. The molecule has 0 aliphatic heterocycles. The van der Waals surface area contributed by atoms with Gasteiger partial charge in [0.2, 0.25) is 0 Å². The Morgan fingerprint density at radius 2 is 0.394 bits per heavy atom. The summed E-state index contributed by atoms with van der Waals surface area (Å²) in [5, 5.41) is 0. The van der Waals surface area contributed by atoms with Crippen LogP contribution in [0, 0.1) is 0 Å². The predicted octanol–water partition coefficient (Wildman–Crippen LogP) is 14.4. The molecule has 4 aromatic carbocycles. The van der Waals surface area contributed by atoms with Crippen molar-refractivity contribution in [3.63, 3.8) is 0 Å². The van der Waals surface area contributed by atoms with Crippen LogP contribution in [0.5, 0.6) is 34.5 Å². The second-order valence-corrected chi connectivity index (χ2v) is 17.5. The summed E-state index contributed by atoms with van der Waals surface area (Å²) in [6, 6.07) is 11.7. The maximum Gasteiger partial charge on any atom is 0.163 e. The van der Waals surface area contributed by atoms with Crippen molar-refractivity contribution in [1.29, 1.82) is 0 Å². The maximum absolute atomic E-state index is 6.40. The highest BCUT2D eigenvalue weighted by Gasteiger charge is 2.22. The van der Waals surface area contributed by atoms with E-state index in [2.05, 4.69) is 41.5 Å². The van der Waals surface area contributed by atoms with E-state index in [1.54, 1.807) is 0 Å². The number of fused-ring (bicyclic) bond motifs is 9. The van der Waals surface area contributed by atoms with Gasteiger partial charge in [-0.05, 0) is 38.5 Å². The van der Waals surface area contributed by atoms with Crippen molar-refractivity contribution in [3.8, 4) is 34.5 Å². The monoisotopic (exact) mass is 901 g/mol. The third-order valence-corrected chi connectivity index (χ3v) is 11.9. The van der Waals surface area contributed by atoms with E-state index in [-0.39, 0.29) is 0 Å². The third-order valence-electron chi connectivity index (χ3n) is 11.9. The number of ether oxygens (including phenoxy) is 6.